The van der Waals surface area contributed by atoms with Crippen LogP contribution < -0.4 is 15.5 Å². The molecule has 5 heteroatoms. The van der Waals surface area contributed by atoms with Crippen LogP contribution in [0, 0.1) is 0 Å². The van der Waals surface area contributed by atoms with E-state index in [0.29, 0.717) is 6.42 Å². The zero-order valence-electron chi connectivity index (χ0n) is 17.2. The quantitative estimate of drug-likeness (QED) is 0.624. The predicted octanol–water partition coefficient (Wildman–Crippen LogP) is 5.33. The van der Waals surface area contributed by atoms with Gasteiger partial charge in [-0.25, -0.2) is 0 Å². The molecule has 2 heterocycles. The maximum atomic E-state index is 13.4. The maximum absolute atomic E-state index is 13.4. The van der Waals surface area contributed by atoms with Crippen molar-refractivity contribution in [3.05, 3.63) is 89.5 Å². The van der Waals surface area contributed by atoms with Crippen molar-refractivity contribution in [1.82, 2.24) is 0 Å². The minimum Gasteiger partial charge on any atom is -0.467 e. The average molecular weight is 399 g/mol. The number of ketones is 1. The van der Waals surface area contributed by atoms with Crippen LogP contribution in [0.3, 0.4) is 0 Å². The van der Waals surface area contributed by atoms with Crippen molar-refractivity contribution in [1.29, 1.82) is 0 Å². The normalized spacial score (nSPS) is 20.5. The predicted molar refractivity (Wildman–Crippen MR) is 120 cm³/mol. The zero-order valence-corrected chi connectivity index (χ0v) is 17.2. The fraction of sp³-hybridized carbons (Fsp3) is 0.240. The van der Waals surface area contributed by atoms with Gasteiger partial charge in [0.25, 0.3) is 0 Å². The lowest BCUT2D eigenvalue weighted by Crippen LogP contribution is -2.26. The van der Waals surface area contributed by atoms with Crippen molar-refractivity contribution in [2.75, 3.05) is 29.6 Å². The van der Waals surface area contributed by atoms with Crippen LogP contribution in [0.25, 0.3) is 0 Å². The number of benzene rings is 2. The zero-order chi connectivity index (χ0) is 20.7. The number of carbonyl (C=O) groups excluding carboxylic acids is 1. The van der Waals surface area contributed by atoms with Gasteiger partial charge >= 0.3 is 0 Å². The second-order valence-corrected chi connectivity index (χ2v) is 8.17. The Hall–Kier alpha value is -3.47. The Labute approximate surface area is 176 Å². The Balaban J connectivity index is 1.54. The fourth-order valence-electron chi connectivity index (χ4n) is 4.44. The van der Waals surface area contributed by atoms with Crippen LogP contribution in [-0.4, -0.2) is 19.9 Å². The first kappa shape index (κ1) is 18.6. The summed E-state index contributed by atoms with van der Waals surface area (Å²) in [4.78, 5) is 15.5. The van der Waals surface area contributed by atoms with Gasteiger partial charge in [-0.05, 0) is 54.3 Å². The molecule has 0 saturated carbocycles. The van der Waals surface area contributed by atoms with E-state index in [1.165, 1.54) is 5.56 Å². The molecule has 2 N–H and O–H groups in total. The van der Waals surface area contributed by atoms with E-state index in [4.69, 9.17) is 4.42 Å². The first-order valence-electron chi connectivity index (χ1n) is 10.3. The first-order chi connectivity index (χ1) is 14.6. The third-order valence-corrected chi connectivity index (χ3v) is 6.02. The molecule has 2 atom stereocenters. The molecule has 0 fully saturated rings. The molecule has 152 valence electrons. The summed E-state index contributed by atoms with van der Waals surface area (Å²) in [5.74, 6) is 1.07. The molecule has 0 saturated heterocycles. The van der Waals surface area contributed by atoms with E-state index in [-0.39, 0.29) is 17.7 Å². The highest BCUT2D eigenvalue weighted by molar-refractivity contribution is 6.01. The number of allylic oxidation sites excluding steroid dienone is 1. The molecule has 1 aliphatic carbocycles. The van der Waals surface area contributed by atoms with Gasteiger partial charge in [0.2, 0.25) is 0 Å². The molecule has 30 heavy (non-hydrogen) atoms. The summed E-state index contributed by atoms with van der Waals surface area (Å²) in [5.41, 5.74) is 6.06. The monoisotopic (exact) mass is 399 g/mol. The number of anilines is 3. The maximum Gasteiger partial charge on any atom is 0.163 e. The topological polar surface area (TPSA) is 57.5 Å². The van der Waals surface area contributed by atoms with Crippen LogP contribution in [0.5, 0.6) is 0 Å². The third-order valence-electron chi connectivity index (χ3n) is 6.02. The van der Waals surface area contributed by atoms with Crippen molar-refractivity contribution in [3.63, 3.8) is 0 Å². The highest BCUT2D eigenvalue weighted by Crippen LogP contribution is 2.44. The van der Waals surface area contributed by atoms with Crippen LogP contribution in [0.1, 0.15) is 36.1 Å². The Kier molecular flexibility index (Phi) is 4.58. The molecule has 2 aromatic carbocycles. The van der Waals surface area contributed by atoms with Gasteiger partial charge in [-0.3, -0.25) is 4.79 Å². The standard InChI is InChI=1S/C25H25N3O2/c1-28(2)18-11-9-16(10-12-18)17-14-21-24(22(29)15-17)25(23-8-5-13-30-23)27-20-7-4-3-6-19(20)26-21/h3-13,17,25-27H,14-15H2,1-2H3/t17-,25-/m1/s1. The summed E-state index contributed by atoms with van der Waals surface area (Å²) in [6.07, 6.45) is 2.94. The number of carbonyl (C=O) groups is 1. The molecule has 0 bridgehead atoms. The highest BCUT2D eigenvalue weighted by Gasteiger charge is 2.37. The van der Waals surface area contributed by atoms with E-state index in [1.54, 1.807) is 6.26 Å². The van der Waals surface area contributed by atoms with Gasteiger partial charge in [0.05, 0.1) is 17.6 Å². The molecule has 0 unspecified atom stereocenters. The summed E-state index contributed by atoms with van der Waals surface area (Å²) in [6.45, 7) is 0. The number of furan rings is 1. The second kappa shape index (κ2) is 7.41. The summed E-state index contributed by atoms with van der Waals surface area (Å²) in [7, 11) is 4.07. The van der Waals surface area contributed by atoms with Gasteiger partial charge in [-0.15, -0.1) is 0 Å². The lowest BCUT2D eigenvalue weighted by Gasteiger charge is -2.29. The number of rotatable bonds is 3. The van der Waals surface area contributed by atoms with Crippen LogP contribution in [-0.2, 0) is 4.79 Å². The number of Topliss-reactive ketones (excluding diaryl/α,β-unsaturated/α-hetero) is 1. The number of hydrogen-bond donors (Lipinski definition) is 2. The molecule has 5 nitrogen and oxygen atoms in total. The third kappa shape index (κ3) is 3.26. The van der Waals surface area contributed by atoms with Crippen molar-refractivity contribution in [2.45, 2.75) is 24.8 Å². The molecule has 0 radical (unpaired) electrons. The number of nitrogens with one attached hydrogen (secondary N) is 2. The molecule has 0 spiro atoms. The van der Waals surface area contributed by atoms with Gasteiger partial charge in [0, 0.05) is 37.5 Å². The minimum atomic E-state index is -0.296. The fourth-order valence-corrected chi connectivity index (χ4v) is 4.44. The van der Waals surface area contributed by atoms with Crippen molar-refractivity contribution >= 4 is 22.8 Å². The van der Waals surface area contributed by atoms with E-state index >= 15 is 0 Å². The van der Waals surface area contributed by atoms with Crippen LogP contribution in [0.2, 0.25) is 0 Å². The van der Waals surface area contributed by atoms with Crippen LogP contribution in [0.4, 0.5) is 17.1 Å². The Morgan fingerprint density at radius 1 is 0.933 bits per heavy atom. The van der Waals surface area contributed by atoms with E-state index in [2.05, 4.69) is 39.8 Å². The Morgan fingerprint density at radius 3 is 2.40 bits per heavy atom. The van der Waals surface area contributed by atoms with E-state index < -0.39 is 0 Å². The molecule has 3 aromatic rings. The summed E-state index contributed by atoms with van der Waals surface area (Å²) >= 11 is 0. The lowest BCUT2D eigenvalue weighted by atomic mass is 9.79. The first-order valence-corrected chi connectivity index (χ1v) is 10.3. The summed E-state index contributed by atoms with van der Waals surface area (Å²) < 4.78 is 5.71. The van der Waals surface area contributed by atoms with Crippen LogP contribution >= 0.6 is 0 Å². The minimum absolute atomic E-state index is 0.155. The average Bonchev–Trinajstić information content (AvgIpc) is 3.22. The van der Waals surface area contributed by atoms with E-state index in [1.807, 2.05) is 50.5 Å². The molecule has 0 amide bonds. The van der Waals surface area contributed by atoms with Crippen molar-refractivity contribution in [3.8, 4) is 0 Å². The van der Waals surface area contributed by atoms with E-state index in [9.17, 15) is 4.79 Å². The number of fused-ring (bicyclic) bond motifs is 1. The molecule has 2 aliphatic rings. The van der Waals surface area contributed by atoms with E-state index in [0.717, 1.165) is 40.5 Å². The van der Waals surface area contributed by atoms with Crippen molar-refractivity contribution < 1.29 is 9.21 Å². The Bertz CT molecular complexity index is 1100. The van der Waals surface area contributed by atoms with Crippen molar-refractivity contribution in [2.24, 2.45) is 0 Å². The largest absolute Gasteiger partial charge is 0.467 e. The summed E-state index contributed by atoms with van der Waals surface area (Å²) in [6, 6.07) is 20.1. The van der Waals surface area contributed by atoms with Gasteiger partial charge in [0.1, 0.15) is 11.8 Å². The van der Waals surface area contributed by atoms with Gasteiger partial charge < -0.3 is 20.0 Å². The molecule has 5 rings (SSSR count). The second-order valence-electron chi connectivity index (χ2n) is 8.17. The number of hydrogen-bond acceptors (Lipinski definition) is 5. The molecular weight excluding hydrogens is 374 g/mol. The Morgan fingerprint density at radius 2 is 1.70 bits per heavy atom. The van der Waals surface area contributed by atoms with Crippen LogP contribution in [0.15, 0.2) is 82.6 Å². The molecule has 1 aliphatic heterocycles. The lowest BCUT2D eigenvalue weighted by molar-refractivity contribution is -0.116. The molecule has 1 aromatic heterocycles. The number of nitrogens with zero attached hydrogens (tertiary/aromatic N) is 1. The summed E-state index contributed by atoms with van der Waals surface area (Å²) in [5, 5.41) is 7.09. The smallest absolute Gasteiger partial charge is 0.163 e. The number of para-hydroxylation sites is 2. The van der Waals surface area contributed by atoms with Gasteiger partial charge in [-0.1, -0.05) is 24.3 Å². The highest BCUT2D eigenvalue weighted by atomic mass is 16.3. The SMILES string of the molecule is CN(C)c1ccc([C@H]2CC(=O)C3=C(C2)Nc2ccccc2N[C@@H]3c2ccco2)cc1. The molecular formula is C25H25N3O2. The van der Waals surface area contributed by atoms with Gasteiger partial charge in [0.15, 0.2) is 5.78 Å². The van der Waals surface area contributed by atoms with Gasteiger partial charge in [-0.2, -0.15) is 0 Å².